The summed E-state index contributed by atoms with van der Waals surface area (Å²) in [5.41, 5.74) is 6.26. The average Bonchev–Trinajstić information content (AvgIpc) is 3.64. The molecule has 2 nitrogen and oxygen atoms in total. The third-order valence-electron chi connectivity index (χ3n) is 10.6. The molecule has 0 saturated carbocycles. The molecule has 0 fully saturated rings. The number of hydrogen-bond acceptors (Lipinski definition) is 3. The van der Waals surface area contributed by atoms with Gasteiger partial charge in [0, 0.05) is 39.4 Å². The molecule has 287 valence electrons. The van der Waals surface area contributed by atoms with Gasteiger partial charge in [-0.3, -0.25) is 4.98 Å². The van der Waals surface area contributed by atoms with Gasteiger partial charge in [0.15, 0.2) is 0 Å². The van der Waals surface area contributed by atoms with Crippen LogP contribution in [0.1, 0.15) is 25.0 Å². The van der Waals surface area contributed by atoms with E-state index in [0.717, 1.165) is 60.0 Å². The molecule has 10 aromatic rings. The maximum absolute atomic E-state index is 15.4. The predicted molar refractivity (Wildman–Crippen MR) is 244 cm³/mol. The Morgan fingerprint density at radius 1 is 0.690 bits per heavy atom. The first-order chi connectivity index (χ1) is 28.4. The monoisotopic (exact) mass is 967 g/mol. The van der Waals surface area contributed by atoms with Crippen LogP contribution in [0.4, 0.5) is 4.39 Å². The van der Waals surface area contributed by atoms with Crippen LogP contribution >= 0.6 is 11.3 Å². The minimum absolute atomic E-state index is 0. The van der Waals surface area contributed by atoms with E-state index in [1.807, 2.05) is 66.7 Å². The molecule has 0 spiro atoms. The first-order valence-corrected chi connectivity index (χ1v) is 23.5. The Bertz CT molecular complexity index is 3230. The number of aryl methyl sites for hydroxylation is 2. The summed E-state index contributed by atoms with van der Waals surface area (Å²) in [5, 5.41) is 10.1. The van der Waals surface area contributed by atoms with Crippen LogP contribution in [0.5, 0.6) is 0 Å². The molecule has 58 heavy (non-hydrogen) atoms. The Labute approximate surface area is 360 Å². The minimum atomic E-state index is -2.07. The molecular formula is C52H41FIrN2SSi-2. The summed E-state index contributed by atoms with van der Waals surface area (Å²) in [6, 6.07) is 50.8. The van der Waals surface area contributed by atoms with Gasteiger partial charge in [0.1, 0.15) is 5.82 Å². The smallest absolute Gasteiger partial charge is 0.143 e. The van der Waals surface area contributed by atoms with Crippen molar-refractivity contribution >= 4 is 77.1 Å². The molecule has 0 aliphatic carbocycles. The second kappa shape index (κ2) is 16.1. The topological polar surface area (TPSA) is 25.8 Å². The van der Waals surface area contributed by atoms with Crippen LogP contribution in [0, 0.1) is 31.8 Å². The summed E-state index contributed by atoms with van der Waals surface area (Å²) < 4.78 is 35.7. The van der Waals surface area contributed by atoms with E-state index in [4.69, 9.17) is 2.74 Å². The Morgan fingerprint density at radius 3 is 2.22 bits per heavy atom. The number of aromatic nitrogens is 2. The fourth-order valence-electron chi connectivity index (χ4n) is 7.76. The van der Waals surface area contributed by atoms with Crippen molar-refractivity contribution in [1.82, 2.24) is 9.97 Å². The standard InChI is InChI=1S/C37H23FNS.C15H18NSi.Ir/c1-22-10-14-30-27(16-22)13-15-31-35-29-9-5-4-8-26(29)19-32(37(35)40-36(30)31)34-20-28(33(38)21-39-34)18-23-11-12-24-6-2-3-7-25(24)17-23;1-12-10-14(13-8-6-5-7-9-13)16-11-15(12)17(2,3)4;/h2-17,20-21H,18H2,1H3;5-8,10-11H,1-4H3;/q2*-1;/i18D2;;. The molecule has 0 N–H and O–H groups in total. The third kappa shape index (κ3) is 7.66. The number of halogens is 1. The van der Waals surface area contributed by atoms with Crippen LogP contribution in [0.2, 0.25) is 19.6 Å². The molecule has 0 aliphatic rings. The van der Waals surface area contributed by atoms with Crippen molar-refractivity contribution in [3.63, 3.8) is 0 Å². The van der Waals surface area contributed by atoms with Gasteiger partial charge >= 0.3 is 0 Å². The Morgan fingerprint density at radius 2 is 1.43 bits per heavy atom. The molecule has 6 heteroatoms. The molecule has 0 saturated heterocycles. The number of thiophene rings is 1. The number of fused-ring (bicyclic) bond motifs is 8. The molecule has 0 unspecified atom stereocenters. The summed E-state index contributed by atoms with van der Waals surface area (Å²) in [7, 11) is -1.27. The average molecular weight is 967 g/mol. The van der Waals surface area contributed by atoms with Crippen LogP contribution in [0.15, 0.2) is 146 Å². The van der Waals surface area contributed by atoms with Gasteiger partial charge in [-0.2, -0.15) is 11.3 Å². The van der Waals surface area contributed by atoms with E-state index in [2.05, 4.69) is 110 Å². The molecule has 7 aromatic carbocycles. The summed E-state index contributed by atoms with van der Waals surface area (Å²) >= 11 is 1.69. The van der Waals surface area contributed by atoms with Crippen LogP contribution in [0.3, 0.4) is 0 Å². The summed E-state index contributed by atoms with van der Waals surface area (Å²) in [5.74, 6) is -0.674. The zero-order valence-electron chi connectivity index (χ0n) is 34.9. The van der Waals surface area contributed by atoms with E-state index in [9.17, 15) is 0 Å². The van der Waals surface area contributed by atoms with Gasteiger partial charge in [0.05, 0.1) is 14.3 Å². The van der Waals surface area contributed by atoms with Gasteiger partial charge in [0.25, 0.3) is 0 Å². The van der Waals surface area contributed by atoms with Gasteiger partial charge < -0.3 is 4.98 Å². The normalized spacial score (nSPS) is 12.3. The predicted octanol–water partition coefficient (Wildman–Crippen LogP) is 13.8. The molecule has 10 rings (SSSR count). The zero-order chi connectivity index (χ0) is 41.1. The second-order valence-electron chi connectivity index (χ2n) is 15.7. The fourth-order valence-corrected chi connectivity index (χ4v) is 10.8. The van der Waals surface area contributed by atoms with Gasteiger partial charge in [-0.05, 0) is 73.9 Å². The van der Waals surface area contributed by atoms with E-state index < -0.39 is 20.3 Å². The number of rotatable bonds is 5. The number of pyridine rings is 2. The van der Waals surface area contributed by atoms with Crippen LogP contribution in [-0.4, -0.2) is 18.0 Å². The van der Waals surface area contributed by atoms with Crippen molar-refractivity contribution in [2.45, 2.75) is 39.9 Å². The van der Waals surface area contributed by atoms with Crippen molar-refractivity contribution in [1.29, 1.82) is 0 Å². The summed E-state index contributed by atoms with van der Waals surface area (Å²) in [6.45, 7) is 11.3. The van der Waals surface area contributed by atoms with Gasteiger partial charge in [-0.15, -0.1) is 53.4 Å². The molecule has 0 amide bonds. The minimum Gasteiger partial charge on any atom is -0.305 e. The van der Waals surface area contributed by atoms with E-state index in [1.54, 1.807) is 29.5 Å². The quantitative estimate of drug-likeness (QED) is 0.127. The maximum Gasteiger partial charge on any atom is 0.143 e. The van der Waals surface area contributed by atoms with E-state index >= 15 is 4.39 Å². The molecule has 1 radical (unpaired) electrons. The van der Waals surface area contributed by atoms with Crippen molar-refractivity contribution in [3.8, 4) is 22.5 Å². The van der Waals surface area contributed by atoms with Crippen LogP contribution in [0.25, 0.3) is 75.0 Å². The van der Waals surface area contributed by atoms with E-state index in [-0.39, 0.29) is 25.7 Å². The first kappa shape index (κ1) is 36.9. The molecule has 3 heterocycles. The molecule has 0 atom stereocenters. The van der Waals surface area contributed by atoms with Gasteiger partial charge in [-0.1, -0.05) is 150 Å². The zero-order valence-corrected chi connectivity index (χ0v) is 37.1. The molecular weight excluding hydrogens is 924 g/mol. The number of benzene rings is 7. The third-order valence-corrected chi connectivity index (χ3v) is 13.9. The summed E-state index contributed by atoms with van der Waals surface area (Å²) in [4.78, 5) is 9.08. The van der Waals surface area contributed by atoms with E-state index in [0.29, 0.717) is 11.3 Å². The van der Waals surface area contributed by atoms with Gasteiger partial charge in [0.2, 0.25) is 0 Å². The SMILES string of the molecule is Cc1cc(-c2[c-]cccc2)ncc1[Si](C)(C)C.[2H]C([2H])(c1ccc2ccccc2c1)c1cc(-c2[c-]c3ccccc3c3c2sc2c4ccc(C)cc4ccc23)ncc1F.[Ir]. The second-order valence-corrected chi connectivity index (χ2v) is 21.7. The summed E-state index contributed by atoms with van der Waals surface area (Å²) in [6.07, 6.45) is 1.12. The fraction of sp³-hybridized carbons (Fsp3) is 0.115. The molecule has 0 bridgehead atoms. The molecule has 0 aliphatic heterocycles. The van der Waals surface area contributed by atoms with Crippen molar-refractivity contribution in [2.24, 2.45) is 0 Å². The molecule has 3 aromatic heterocycles. The van der Waals surface area contributed by atoms with Crippen molar-refractivity contribution in [2.75, 3.05) is 0 Å². The van der Waals surface area contributed by atoms with E-state index in [1.165, 1.54) is 31.8 Å². The number of hydrogen-bond donors (Lipinski definition) is 0. The number of nitrogens with zero attached hydrogens (tertiary/aromatic N) is 2. The van der Waals surface area contributed by atoms with Crippen LogP contribution < -0.4 is 5.19 Å². The van der Waals surface area contributed by atoms with Crippen LogP contribution in [-0.2, 0) is 26.5 Å². The maximum atomic E-state index is 15.4. The first-order valence-electron chi connectivity index (χ1n) is 20.2. The van der Waals surface area contributed by atoms with Crippen molar-refractivity contribution < 1.29 is 27.2 Å². The Hall–Kier alpha value is -5.36. The Balaban J connectivity index is 0.000000234. The largest absolute Gasteiger partial charge is 0.305 e. The van der Waals surface area contributed by atoms with Gasteiger partial charge in [-0.25, -0.2) is 4.39 Å². The van der Waals surface area contributed by atoms with Crippen molar-refractivity contribution in [3.05, 3.63) is 186 Å². The Kier molecular flexibility index (Phi) is 10.3.